The number of rotatable bonds is 0. The first kappa shape index (κ1) is 10.3. The van der Waals surface area contributed by atoms with Gasteiger partial charge in [0.05, 0.1) is 0 Å². The Morgan fingerprint density at radius 2 is 1.67 bits per heavy atom. The van der Waals surface area contributed by atoms with Crippen LogP contribution in [0, 0.1) is 5.41 Å². The van der Waals surface area contributed by atoms with Crippen LogP contribution in [-0.4, -0.2) is 6.04 Å². The highest BCUT2D eigenvalue weighted by atomic mass is 35.5. The third-order valence-corrected chi connectivity index (χ3v) is 3.65. The smallest absolute Gasteiger partial charge is 0.00443 e. The quantitative estimate of drug-likeness (QED) is 0.623. The van der Waals surface area contributed by atoms with Crippen LogP contribution < -0.4 is 5.73 Å². The molecule has 0 radical (unpaired) electrons. The van der Waals surface area contributed by atoms with Crippen LogP contribution in [0.1, 0.15) is 51.4 Å². The molecule has 2 heteroatoms. The highest BCUT2D eigenvalue weighted by Crippen LogP contribution is 2.48. The average Bonchev–Trinajstić information content (AvgIpc) is 2.34. The largest absolute Gasteiger partial charge is 0.328 e. The first-order valence-corrected chi connectivity index (χ1v) is 5.06. The molecule has 0 aromatic carbocycles. The summed E-state index contributed by atoms with van der Waals surface area (Å²) >= 11 is 0. The van der Waals surface area contributed by atoms with Crippen LogP contribution in [0.5, 0.6) is 0 Å². The molecule has 2 fully saturated rings. The van der Waals surface area contributed by atoms with Crippen molar-refractivity contribution in [1.82, 2.24) is 0 Å². The highest BCUT2D eigenvalue weighted by Gasteiger charge is 2.37. The maximum Gasteiger partial charge on any atom is 0.00443 e. The molecule has 1 spiro atoms. The van der Waals surface area contributed by atoms with Gasteiger partial charge in [-0.3, -0.25) is 0 Å². The molecule has 12 heavy (non-hydrogen) atoms. The second-order valence-electron chi connectivity index (χ2n) is 4.56. The molecular formula is C10H20ClN. The van der Waals surface area contributed by atoms with Gasteiger partial charge in [0.25, 0.3) is 0 Å². The minimum atomic E-state index is 0. The minimum Gasteiger partial charge on any atom is -0.328 e. The van der Waals surface area contributed by atoms with Crippen molar-refractivity contribution in [3.8, 4) is 0 Å². The Labute approximate surface area is 81.5 Å². The van der Waals surface area contributed by atoms with Gasteiger partial charge in [0.15, 0.2) is 0 Å². The Morgan fingerprint density at radius 1 is 1.00 bits per heavy atom. The first-order chi connectivity index (χ1) is 5.31. The molecule has 2 N–H and O–H groups in total. The molecule has 72 valence electrons. The zero-order chi connectivity index (χ0) is 7.73. The lowest BCUT2D eigenvalue weighted by molar-refractivity contribution is 0.195. The normalized spacial score (nSPS) is 33.2. The van der Waals surface area contributed by atoms with Crippen molar-refractivity contribution in [1.29, 1.82) is 0 Å². The Morgan fingerprint density at radius 3 is 2.17 bits per heavy atom. The van der Waals surface area contributed by atoms with Gasteiger partial charge in [-0.25, -0.2) is 0 Å². The topological polar surface area (TPSA) is 26.0 Å². The Balaban J connectivity index is 0.000000720. The van der Waals surface area contributed by atoms with Crippen molar-refractivity contribution in [3.63, 3.8) is 0 Å². The van der Waals surface area contributed by atoms with E-state index < -0.39 is 0 Å². The molecule has 2 rings (SSSR count). The van der Waals surface area contributed by atoms with Crippen LogP contribution in [-0.2, 0) is 0 Å². The van der Waals surface area contributed by atoms with Gasteiger partial charge < -0.3 is 5.73 Å². The number of halogens is 1. The molecule has 2 aliphatic carbocycles. The predicted octanol–water partition coefficient (Wildman–Crippen LogP) is 2.87. The van der Waals surface area contributed by atoms with Gasteiger partial charge in [0.1, 0.15) is 0 Å². The molecular weight excluding hydrogens is 170 g/mol. The van der Waals surface area contributed by atoms with E-state index in [0.717, 1.165) is 5.41 Å². The maximum atomic E-state index is 5.94. The third kappa shape index (κ3) is 1.94. The molecule has 2 aliphatic rings. The molecule has 0 amide bonds. The second kappa shape index (κ2) is 3.97. The molecule has 0 aromatic rings. The molecule has 0 aromatic heterocycles. The van der Waals surface area contributed by atoms with E-state index in [0.29, 0.717) is 6.04 Å². The second-order valence-corrected chi connectivity index (χ2v) is 4.56. The number of hydrogen-bond acceptors (Lipinski definition) is 1. The molecule has 2 saturated carbocycles. The lowest BCUT2D eigenvalue weighted by atomic mass is 9.73. The van der Waals surface area contributed by atoms with Gasteiger partial charge in [-0.05, 0) is 37.5 Å². The van der Waals surface area contributed by atoms with Crippen molar-refractivity contribution in [2.45, 2.75) is 57.4 Å². The fourth-order valence-electron chi connectivity index (χ4n) is 3.01. The fraction of sp³-hybridized carbons (Fsp3) is 1.00. The Hall–Kier alpha value is 0.250. The summed E-state index contributed by atoms with van der Waals surface area (Å²) in [6.07, 6.45) is 11.4. The van der Waals surface area contributed by atoms with Crippen LogP contribution in [0.2, 0.25) is 0 Å². The first-order valence-electron chi connectivity index (χ1n) is 5.06. The van der Waals surface area contributed by atoms with Crippen molar-refractivity contribution in [2.75, 3.05) is 0 Å². The van der Waals surface area contributed by atoms with Gasteiger partial charge in [-0.15, -0.1) is 12.4 Å². The van der Waals surface area contributed by atoms with Gasteiger partial charge in [0.2, 0.25) is 0 Å². The summed E-state index contributed by atoms with van der Waals surface area (Å²) in [5, 5.41) is 0. The van der Waals surface area contributed by atoms with Crippen LogP contribution in [0.4, 0.5) is 0 Å². The SMILES string of the molecule is Cl.NC1CCC2(CCCCC2)C1. The molecule has 1 unspecified atom stereocenters. The summed E-state index contributed by atoms with van der Waals surface area (Å²) in [6, 6.07) is 0.535. The zero-order valence-electron chi connectivity index (χ0n) is 7.72. The Kier molecular flexibility index (Phi) is 3.42. The number of hydrogen-bond donors (Lipinski definition) is 1. The molecule has 1 atom stereocenters. The monoisotopic (exact) mass is 189 g/mol. The minimum absolute atomic E-state index is 0. The van der Waals surface area contributed by atoms with E-state index in [4.69, 9.17) is 5.73 Å². The molecule has 1 nitrogen and oxygen atoms in total. The molecule has 0 heterocycles. The summed E-state index contributed by atoms with van der Waals surface area (Å²) in [5.74, 6) is 0. The van der Waals surface area contributed by atoms with E-state index in [9.17, 15) is 0 Å². The molecule has 0 saturated heterocycles. The van der Waals surface area contributed by atoms with Gasteiger partial charge >= 0.3 is 0 Å². The van der Waals surface area contributed by atoms with Crippen molar-refractivity contribution < 1.29 is 0 Å². The lowest BCUT2D eigenvalue weighted by Gasteiger charge is -2.33. The van der Waals surface area contributed by atoms with E-state index in [1.54, 1.807) is 0 Å². The van der Waals surface area contributed by atoms with E-state index in [2.05, 4.69) is 0 Å². The maximum absolute atomic E-state index is 5.94. The number of nitrogens with two attached hydrogens (primary N) is 1. The van der Waals surface area contributed by atoms with Crippen LogP contribution in [0.25, 0.3) is 0 Å². The Bertz CT molecular complexity index is 135. The lowest BCUT2D eigenvalue weighted by Crippen LogP contribution is -2.24. The summed E-state index contributed by atoms with van der Waals surface area (Å²) in [7, 11) is 0. The van der Waals surface area contributed by atoms with E-state index in [1.807, 2.05) is 0 Å². The summed E-state index contributed by atoms with van der Waals surface area (Å²) in [5.41, 5.74) is 6.66. The van der Waals surface area contributed by atoms with Gasteiger partial charge in [-0.2, -0.15) is 0 Å². The van der Waals surface area contributed by atoms with Crippen molar-refractivity contribution >= 4 is 12.4 Å². The van der Waals surface area contributed by atoms with Gasteiger partial charge in [-0.1, -0.05) is 19.3 Å². The molecule has 0 bridgehead atoms. The van der Waals surface area contributed by atoms with Crippen molar-refractivity contribution in [2.24, 2.45) is 11.1 Å². The van der Waals surface area contributed by atoms with Crippen LogP contribution >= 0.6 is 12.4 Å². The van der Waals surface area contributed by atoms with Crippen LogP contribution in [0.15, 0.2) is 0 Å². The molecule has 0 aliphatic heterocycles. The summed E-state index contributed by atoms with van der Waals surface area (Å²) in [4.78, 5) is 0. The zero-order valence-corrected chi connectivity index (χ0v) is 8.54. The predicted molar refractivity (Wildman–Crippen MR) is 54.6 cm³/mol. The van der Waals surface area contributed by atoms with Gasteiger partial charge in [0, 0.05) is 6.04 Å². The van der Waals surface area contributed by atoms with E-state index >= 15 is 0 Å². The van der Waals surface area contributed by atoms with Crippen molar-refractivity contribution in [3.05, 3.63) is 0 Å². The van der Waals surface area contributed by atoms with E-state index in [-0.39, 0.29) is 12.4 Å². The van der Waals surface area contributed by atoms with E-state index in [1.165, 1.54) is 51.4 Å². The summed E-state index contributed by atoms with van der Waals surface area (Å²) < 4.78 is 0. The highest BCUT2D eigenvalue weighted by molar-refractivity contribution is 5.85. The third-order valence-electron chi connectivity index (χ3n) is 3.65. The fourth-order valence-corrected chi connectivity index (χ4v) is 3.01. The standard InChI is InChI=1S/C10H19N.ClH/c11-9-4-7-10(8-9)5-2-1-3-6-10;/h9H,1-8,11H2;1H. The van der Waals surface area contributed by atoms with Crippen LogP contribution in [0.3, 0.4) is 0 Å². The average molecular weight is 190 g/mol. The summed E-state index contributed by atoms with van der Waals surface area (Å²) in [6.45, 7) is 0.